The van der Waals surface area contributed by atoms with E-state index in [0.29, 0.717) is 0 Å². The first kappa shape index (κ1) is 6.59. The van der Waals surface area contributed by atoms with Crippen LogP contribution in [0.1, 0.15) is 19.3 Å². The van der Waals surface area contributed by atoms with Crippen LogP contribution in [-0.2, 0) is 0 Å². The lowest BCUT2D eigenvalue weighted by Crippen LogP contribution is -2.25. The van der Waals surface area contributed by atoms with Gasteiger partial charge in [-0.3, -0.25) is 0 Å². The average molecular weight is 126 g/mol. The maximum atomic E-state index is 3.79. The Bertz CT molecular complexity index is 97.1. The Labute approximate surface area is 56.5 Å². The third kappa shape index (κ3) is 1.70. The predicted octanol–water partition coefficient (Wildman–Crippen LogP) is 1.33. The molecule has 0 aliphatic heterocycles. The van der Waals surface area contributed by atoms with E-state index in [4.69, 9.17) is 0 Å². The van der Waals surface area contributed by atoms with Gasteiger partial charge in [-0.2, -0.15) is 5.10 Å². The molecule has 1 fully saturated rings. The lowest BCUT2D eigenvalue weighted by molar-refractivity contribution is 0.212. The molecule has 0 N–H and O–H groups in total. The van der Waals surface area contributed by atoms with Crippen molar-refractivity contribution in [1.29, 1.82) is 0 Å². The Morgan fingerprint density at radius 2 is 2.33 bits per heavy atom. The molecule has 2 heteroatoms. The highest BCUT2D eigenvalue weighted by atomic mass is 15.4. The summed E-state index contributed by atoms with van der Waals surface area (Å²) in [5, 5.41) is 5.71. The fourth-order valence-electron chi connectivity index (χ4n) is 1.11. The van der Waals surface area contributed by atoms with Gasteiger partial charge in [-0.25, -0.2) is 0 Å². The van der Waals surface area contributed by atoms with Crippen molar-refractivity contribution in [1.82, 2.24) is 5.01 Å². The summed E-state index contributed by atoms with van der Waals surface area (Å²) in [6, 6.07) is 0. The second-order valence-electron chi connectivity index (χ2n) is 2.78. The van der Waals surface area contributed by atoms with Crippen LogP contribution in [0.4, 0.5) is 0 Å². The molecule has 1 aliphatic rings. The molecule has 0 bridgehead atoms. The van der Waals surface area contributed by atoms with Crippen molar-refractivity contribution < 1.29 is 0 Å². The summed E-state index contributed by atoms with van der Waals surface area (Å²) >= 11 is 0. The van der Waals surface area contributed by atoms with Gasteiger partial charge in [0, 0.05) is 20.3 Å². The Balaban J connectivity index is 2.08. The zero-order chi connectivity index (χ0) is 6.69. The van der Waals surface area contributed by atoms with Gasteiger partial charge in [0.2, 0.25) is 0 Å². The van der Waals surface area contributed by atoms with E-state index in [-0.39, 0.29) is 0 Å². The lowest BCUT2D eigenvalue weighted by Gasteiger charge is -2.28. The minimum Gasteiger partial charge on any atom is -0.300 e. The van der Waals surface area contributed by atoms with Crippen LogP contribution in [0.15, 0.2) is 5.10 Å². The summed E-state index contributed by atoms with van der Waals surface area (Å²) in [6.45, 7) is 4.55. The number of hydrogen-bond acceptors (Lipinski definition) is 2. The van der Waals surface area contributed by atoms with E-state index in [2.05, 4.69) is 11.8 Å². The van der Waals surface area contributed by atoms with Gasteiger partial charge in [0.05, 0.1) is 0 Å². The maximum Gasteiger partial charge on any atom is 0.0385 e. The molecule has 0 amide bonds. The Morgan fingerprint density at radius 1 is 1.67 bits per heavy atom. The van der Waals surface area contributed by atoms with Crippen molar-refractivity contribution >= 4 is 6.72 Å². The molecule has 1 rings (SSSR count). The monoisotopic (exact) mass is 126 g/mol. The summed E-state index contributed by atoms with van der Waals surface area (Å²) in [5.74, 6) is 0.903. The van der Waals surface area contributed by atoms with Crippen molar-refractivity contribution in [3.8, 4) is 0 Å². The van der Waals surface area contributed by atoms with Gasteiger partial charge in [-0.1, -0.05) is 6.42 Å². The fourth-order valence-corrected chi connectivity index (χ4v) is 1.11. The predicted molar refractivity (Wildman–Crippen MR) is 39.5 cm³/mol. The molecule has 9 heavy (non-hydrogen) atoms. The Kier molecular flexibility index (Phi) is 2.09. The molecule has 1 saturated carbocycles. The maximum absolute atomic E-state index is 3.79. The second-order valence-corrected chi connectivity index (χ2v) is 2.78. The van der Waals surface area contributed by atoms with Gasteiger partial charge in [-0.05, 0) is 18.8 Å². The third-order valence-corrected chi connectivity index (χ3v) is 1.99. The van der Waals surface area contributed by atoms with Crippen LogP contribution in [0, 0.1) is 5.92 Å². The second kappa shape index (κ2) is 2.85. The first-order valence-electron chi connectivity index (χ1n) is 3.50. The number of rotatable bonds is 3. The van der Waals surface area contributed by atoms with E-state index in [9.17, 15) is 0 Å². The number of nitrogens with zero attached hydrogens (tertiary/aromatic N) is 2. The van der Waals surface area contributed by atoms with Crippen molar-refractivity contribution in [3.05, 3.63) is 0 Å². The molecule has 0 heterocycles. The highest BCUT2D eigenvalue weighted by Gasteiger charge is 2.17. The van der Waals surface area contributed by atoms with E-state index in [1.54, 1.807) is 0 Å². The smallest absolute Gasteiger partial charge is 0.0385 e. The summed E-state index contributed by atoms with van der Waals surface area (Å²) in [7, 11) is 1.98. The van der Waals surface area contributed by atoms with Gasteiger partial charge in [-0.15, -0.1) is 0 Å². The van der Waals surface area contributed by atoms with Crippen LogP contribution in [0.2, 0.25) is 0 Å². The van der Waals surface area contributed by atoms with Crippen molar-refractivity contribution in [3.63, 3.8) is 0 Å². The van der Waals surface area contributed by atoms with E-state index in [0.717, 1.165) is 12.5 Å². The van der Waals surface area contributed by atoms with E-state index in [1.807, 2.05) is 12.1 Å². The average Bonchev–Trinajstić information content (AvgIpc) is 1.78. The molecule has 2 nitrogen and oxygen atoms in total. The summed E-state index contributed by atoms with van der Waals surface area (Å²) in [5.41, 5.74) is 0. The molecule has 1 aliphatic carbocycles. The van der Waals surface area contributed by atoms with Crippen LogP contribution < -0.4 is 0 Å². The zero-order valence-corrected chi connectivity index (χ0v) is 6.01. The minimum absolute atomic E-state index is 0.903. The molecule has 52 valence electrons. The van der Waals surface area contributed by atoms with Crippen molar-refractivity contribution in [2.75, 3.05) is 13.6 Å². The molecule has 0 aromatic heterocycles. The number of hydrogen-bond donors (Lipinski definition) is 0. The van der Waals surface area contributed by atoms with Crippen molar-refractivity contribution in [2.45, 2.75) is 19.3 Å². The highest BCUT2D eigenvalue weighted by Crippen LogP contribution is 2.26. The molecular formula is C7H14N2. The van der Waals surface area contributed by atoms with Crippen LogP contribution in [0.3, 0.4) is 0 Å². The van der Waals surface area contributed by atoms with E-state index < -0.39 is 0 Å². The SMILES string of the molecule is C=NN(C)CC1CCC1. The largest absolute Gasteiger partial charge is 0.300 e. The van der Waals surface area contributed by atoms with Crippen LogP contribution in [0.5, 0.6) is 0 Å². The molecule has 0 spiro atoms. The molecule has 0 radical (unpaired) electrons. The van der Waals surface area contributed by atoms with E-state index in [1.165, 1.54) is 19.3 Å². The first-order valence-corrected chi connectivity index (χ1v) is 3.50. The summed E-state index contributed by atoms with van der Waals surface area (Å²) in [4.78, 5) is 0. The number of hydrazone groups is 1. The molecule has 0 unspecified atom stereocenters. The van der Waals surface area contributed by atoms with Crippen LogP contribution in [-0.4, -0.2) is 25.3 Å². The Morgan fingerprint density at radius 3 is 2.67 bits per heavy atom. The molecule has 0 atom stereocenters. The van der Waals surface area contributed by atoms with Gasteiger partial charge in [0.15, 0.2) is 0 Å². The zero-order valence-electron chi connectivity index (χ0n) is 6.01. The highest BCUT2D eigenvalue weighted by molar-refractivity contribution is 5.22. The van der Waals surface area contributed by atoms with Gasteiger partial charge < -0.3 is 5.01 Å². The lowest BCUT2D eigenvalue weighted by atomic mass is 9.85. The van der Waals surface area contributed by atoms with Crippen LogP contribution in [0.25, 0.3) is 0 Å². The molecule has 0 aromatic carbocycles. The summed E-state index contributed by atoms with van der Waals surface area (Å²) in [6.07, 6.45) is 4.19. The molecule has 0 aromatic rings. The van der Waals surface area contributed by atoms with Gasteiger partial charge in [0.1, 0.15) is 0 Å². The summed E-state index contributed by atoms with van der Waals surface area (Å²) < 4.78 is 0. The minimum atomic E-state index is 0.903. The van der Waals surface area contributed by atoms with Crippen molar-refractivity contribution in [2.24, 2.45) is 11.0 Å². The first-order chi connectivity index (χ1) is 4.33. The normalized spacial score (nSPS) is 18.8. The fraction of sp³-hybridized carbons (Fsp3) is 0.857. The Hall–Kier alpha value is -0.530. The third-order valence-electron chi connectivity index (χ3n) is 1.99. The topological polar surface area (TPSA) is 15.6 Å². The van der Waals surface area contributed by atoms with Gasteiger partial charge in [0.25, 0.3) is 0 Å². The van der Waals surface area contributed by atoms with E-state index >= 15 is 0 Å². The van der Waals surface area contributed by atoms with Gasteiger partial charge >= 0.3 is 0 Å². The van der Waals surface area contributed by atoms with Crippen LogP contribution >= 0.6 is 0 Å². The molecular weight excluding hydrogens is 112 g/mol. The molecule has 0 saturated heterocycles. The quantitative estimate of drug-likeness (QED) is 0.411. The standard InChI is InChI=1S/C7H14N2/c1-8-9(2)6-7-4-3-5-7/h7H,1,3-6H2,2H3.